The maximum absolute atomic E-state index is 12.7. The summed E-state index contributed by atoms with van der Waals surface area (Å²) in [4.78, 5) is 27.9. The fourth-order valence-corrected chi connectivity index (χ4v) is 8.76. The third kappa shape index (κ3) is 17.0. The summed E-state index contributed by atoms with van der Waals surface area (Å²) >= 11 is 3.49. The van der Waals surface area contributed by atoms with E-state index in [0.29, 0.717) is 37.2 Å². The second kappa shape index (κ2) is 27.1. The molecule has 6 nitrogen and oxygen atoms in total. The van der Waals surface area contributed by atoms with Gasteiger partial charge in [-0.3, -0.25) is 0 Å². The third-order valence-corrected chi connectivity index (χ3v) is 12.6. The van der Waals surface area contributed by atoms with Crippen LogP contribution in [0.25, 0.3) is 0 Å². The second-order valence-electron chi connectivity index (χ2n) is 14.6. The number of hydrogen-bond acceptors (Lipinski definition) is 6. The van der Waals surface area contributed by atoms with E-state index in [1.165, 1.54) is 150 Å². The number of hydrogen-bond donors (Lipinski definition) is 0. The molecule has 3 aromatic rings. The van der Waals surface area contributed by atoms with E-state index in [2.05, 4.69) is 47.9 Å². The average Bonchev–Trinajstić information content (AvgIpc) is 3.69. The van der Waals surface area contributed by atoms with Gasteiger partial charge in [0.2, 0.25) is 11.0 Å². The third-order valence-electron chi connectivity index (χ3n) is 10.3. The molecule has 0 aliphatic heterocycles. The van der Waals surface area contributed by atoms with Gasteiger partial charge in [0.1, 0.15) is 13.1 Å². The van der Waals surface area contributed by atoms with Gasteiger partial charge in [-0.05, 0) is 37.1 Å². The molecule has 0 radical (unpaired) electrons. The molecule has 0 aliphatic carbocycles. The summed E-state index contributed by atoms with van der Waals surface area (Å²) in [6, 6.07) is 6.59. The van der Waals surface area contributed by atoms with Gasteiger partial charge >= 0.3 is 11.9 Å². The van der Waals surface area contributed by atoms with Crippen molar-refractivity contribution in [3.63, 3.8) is 0 Å². The lowest BCUT2D eigenvalue weighted by atomic mass is 10.1. The lowest BCUT2D eigenvalue weighted by Gasteiger charge is -2.06. The molecule has 8 heteroatoms. The van der Waals surface area contributed by atoms with E-state index in [1.54, 1.807) is 46.9 Å². The molecule has 0 spiro atoms. The number of carbonyl (C=O) groups is 2. The van der Waals surface area contributed by atoms with Gasteiger partial charge in [-0.25, -0.2) is 9.59 Å². The normalized spacial score (nSPS) is 11.3. The highest BCUT2D eigenvalue weighted by Crippen LogP contribution is 2.17. The summed E-state index contributed by atoms with van der Waals surface area (Å²) in [6.07, 6.45) is 28.3. The van der Waals surface area contributed by atoms with Gasteiger partial charge in [-0.1, -0.05) is 139 Å². The number of ether oxygens (including phenoxy) is 2. The standard InChI is InChI=1S/C44H70N2O4S2/c1-5-7-9-11-13-15-17-19-21-23-31-45-35-51-41(37(45)3)29-33-49-43(47)39-25-27-40(28-26-39)44(48)50-34-30-42-38(4)46(36-52-42)32-24-22-20-18-16-14-12-10-8-6-2/h25-28,35-36H,5-24,29-34H2,1-4H3/q+2. The van der Waals surface area contributed by atoms with Crippen molar-refractivity contribution in [2.45, 2.75) is 182 Å². The number of aromatic nitrogens is 2. The van der Waals surface area contributed by atoms with Crippen LogP contribution in [0.1, 0.15) is 184 Å². The SMILES string of the molecule is CCCCCCCCCCCC[n+]1csc(CCOC(=O)c2ccc(C(=O)OCCc3sc[n+](CCCCCCCCCCCC)c3C)cc2)c1C. The van der Waals surface area contributed by atoms with Gasteiger partial charge < -0.3 is 9.47 Å². The number of carbonyl (C=O) groups excluding carboxylic acids is 2. The highest BCUT2D eigenvalue weighted by atomic mass is 32.1. The molecule has 1 aromatic carbocycles. The Morgan fingerprint density at radius 3 is 1.13 bits per heavy atom. The Hall–Kier alpha value is -2.58. The molecule has 0 atom stereocenters. The van der Waals surface area contributed by atoms with Crippen LogP contribution < -0.4 is 9.13 Å². The van der Waals surface area contributed by atoms with Gasteiger partial charge in [-0.2, -0.15) is 9.13 Å². The topological polar surface area (TPSA) is 60.4 Å². The molecule has 290 valence electrons. The van der Waals surface area contributed by atoms with E-state index in [-0.39, 0.29) is 11.9 Å². The van der Waals surface area contributed by atoms with Crippen LogP contribution in [0.5, 0.6) is 0 Å². The fraction of sp³-hybridized carbons (Fsp3) is 0.682. The summed E-state index contributed by atoms with van der Waals surface area (Å²) in [5.74, 6) is -0.738. The second-order valence-corrected chi connectivity index (χ2v) is 16.4. The quantitative estimate of drug-likeness (QED) is 0.0386. The minimum absolute atomic E-state index is 0.337. The molecular formula is C44H70N2O4S2+2. The van der Waals surface area contributed by atoms with E-state index < -0.39 is 0 Å². The Bertz CT molecular complexity index is 1290. The van der Waals surface area contributed by atoms with E-state index >= 15 is 0 Å². The average molecular weight is 755 g/mol. The van der Waals surface area contributed by atoms with Crippen LogP contribution in [-0.4, -0.2) is 25.2 Å². The van der Waals surface area contributed by atoms with Crippen LogP contribution in [0.3, 0.4) is 0 Å². The molecule has 0 unspecified atom stereocenters. The molecule has 0 aliphatic rings. The van der Waals surface area contributed by atoms with E-state index in [4.69, 9.17) is 9.47 Å². The summed E-state index contributed by atoms with van der Waals surface area (Å²) in [5, 5.41) is 0. The Labute approximate surface area is 324 Å². The largest absolute Gasteiger partial charge is 0.462 e. The van der Waals surface area contributed by atoms with Gasteiger partial charge in [-0.15, -0.1) is 0 Å². The van der Waals surface area contributed by atoms with Crippen LogP contribution in [0.15, 0.2) is 35.3 Å². The Morgan fingerprint density at radius 2 is 0.808 bits per heavy atom. The zero-order valence-corrected chi connectivity index (χ0v) is 34.8. The highest BCUT2D eigenvalue weighted by molar-refractivity contribution is 7.09. The van der Waals surface area contributed by atoms with E-state index in [0.717, 1.165) is 13.1 Å². The number of nitrogens with zero attached hydrogens (tertiary/aromatic N) is 2. The van der Waals surface area contributed by atoms with Crippen LogP contribution in [-0.2, 0) is 35.4 Å². The van der Waals surface area contributed by atoms with Crippen molar-refractivity contribution in [2.75, 3.05) is 13.2 Å². The summed E-state index contributed by atoms with van der Waals surface area (Å²) in [6.45, 7) is 11.7. The summed E-state index contributed by atoms with van der Waals surface area (Å²) in [7, 11) is 0. The van der Waals surface area contributed by atoms with Gasteiger partial charge in [0.25, 0.3) is 0 Å². The number of esters is 2. The van der Waals surface area contributed by atoms with Crippen molar-refractivity contribution in [3.8, 4) is 0 Å². The van der Waals surface area contributed by atoms with Crippen LogP contribution >= 0.6 is 22.7 Å². The zero-order valence-electron chi connectivity index (χ0n) is 33.2. The number of unbranched alkanes of at least 4 members (excludes halogenated alkanes) is 18. The fourth-order valence-electron chi connectivity index (χ4n) is 6.75. The first-order chi connectivity index (χ1) is 25.4. The summed E-state index contributed by atoms with van der Waals surface area (Å²) < 4.78 is 15.9. The molecule has 0 bridgehead atoms. The smallest absolute Gasteiger partial charge is 0.338 e. The Morgan fingerprint density at radius 1 is 0.500 bits per heavy atom. The predicted octanol–water partition coefficient (Wildman–Crippen LogP) is 11.6. The molecule has 0 N–H and O–H groups in total. The van der Waals surface area contributed by atoms with E-state index in [9.17, 15) is 9.59 Å². The van der Waals surface area contributed by atoms with E-state index in [1.807, 2.05) is 0 Å². The lowest BCUT2D eigenvalue weighted by Crippen LogP contribution is -2.34. The summed E-state index contributed by atoms with van der Waals surface area (Å²) in [5.41, 5.74) is 7.84. The van der Waals surface area contributed by atoms with Crippen molar-refractivity contribution in [3.05, 3.63) is 67.6 Å². The number of aryl methyl sites for hydroxylation is 2. The minimum Gasteiger partial charge on any atom is -0.462 e. The van der Waals surface area contributed by atoms with Gasteiger partial charge in [0.05, 0.1) is 34.1 Å². The van der Waals surface area contributed by atoms with Crippen molar-refractivity contribution in [1.29, 1.82) is 0 Å². The first-order valence-electron chi connectivity index (χ1n) is 20.8. The molecule has 0 saturated carbocycles. The van der Waals surface area contributed by atoms with Crippen LogP contribution in [0, 0.1) is 13.8 Å². The monoisotopic (exact) mass is 754 g/mol. The molecule has 52 heavy (non-hydrogen) atoms. The zero-order chi connectivity index (χ0) is 37.2. The Kier molecular flexibility index (Phi) is 22.8. The Balaban J connectivity index is 1.27. The van der Waals surface area contributed by atoms with Crippen molar-refractivity contribution in [2.24, 2.45) is 0 Å². The number of benzene rings is 1. The number of rotatable bonds is 30. The van der Waals surface area contributed by atoms with Gasteiger partial charge in [0.15, 0.2) is 11.4 Å². The number of thiazole rings is 2. The first-order valence-corrected chi connectivity index (χ1v) is 22.6. The predicted molar refractivity (Wildman–Crippen MR) is 217 cm³/mol. The lowest BCUT2D eigenvalue weighted by molar-refractivity contribution is -0.698. The first kappa shape index (κ1) is 43.8. The minimum atomic E-state index is -0.369. The highest BCUT2D eigenvalue weighted by Gasteiger charge is 2.18. The molecule has 0 fully saturated rings. The van der Waals surface area contributed by atoms with Crippen molar-refractivity contribution < 1.29 is 28.2 Å². The molecule has 0 amide bonds. The molecular weight excluding hydrogens is 685 g/mol. The molecule has 2 heterocycles. The maximum Gasteiger partial charge on any atom is 0.338 e. The molecule has 2 aromatic heterocycles. The van der Waals surface area contributed by atoms with Crippen molar-refractivity contribution >= 4 is 34.6 Å². The maximum atomic E-state index is 12.7. The van der Waals surface area contributed by atoms with Gasteiger partial charge in [0, 0.05) is 39.5 Å². The molecule has 0 saturated heterocycles. The molecule has 3 rings (SSSR count). The van der Waals surface area contributed by atoms with Crippen LogP contribution in [0.2, 0.25) is 0 Å². The van der Waals surface area contributed by atoms with Crippen LogP contribution in [0.4, 0.5) is 0 Å². The van der Waals surface area contributed by atoms with Crippen molar-refractivity contribution in [1.82, 2.24) is 0 Å².